The molecule has 0 fully saturated rings. The van der Waals surface area contributed by atoms with E-state index in [4.69, 9.17) is 11.8 Å². The molecule has 14 heavy (non-hydrogen) atoms. The lowest BCUT2D eigenvalue weighted by atomic mass is 9.91. The molecule has 0 saturated heterocycles. The molecule has 1 N–H and O–H groups in total. The topological polar surface area (TPSA) is 59.4 Å². The van der Waals surface area contributed by atoms with Gasteiger partial charge in [0, 0.05) is 0 Å². The van der Waals surface area contributed by atoms with Crippen LogP contribution in [-0.2, 0) is 14.3 Å². The van der Waals surface area contributed by atoms with E-state index in [1.54, 1.807) is 0 Å². The van der Waals surface area contributed by atoms with Crippen molar-refractivity contribution >= 4 is 11.9 Å². The van der Waals surface area contributed by atoms with Crippen LogP contribution in [0.1, 0.15) is 6.92 Å². The molecule has 0 amide bonds. The molecule has 4 heteroatoms. The number of terminal acetylenes is 1. The van der Waals surface area contributed by atoms with Gasteiger partial charge >= 0.3 is 5.97 Å². The molecule has 0 rings (SSSR count). The average molecular weight is 195 g/mol. The van der Waals surface area contributed by atoms with Crippen molar-refractivity contribution in [1.29, 1.82) is 5.41 Å². The maximum absolute atomic E-state index is 11.2. The van der Waals surface area contributed by atoms with E-state index in [-0.39, 0.29) is 5.90 Å². The van der Waals surface area contributed by atoms with Gasteiger partial charge in [0.15, 0.2) is 0 Å². The van der Waals surface area contributed by atoms with Crippen LogP contribution in [0, 0.1) is 23.2 Å². The van der Waals surface area contributed by atoms with Gasteiger partial charge in [0.25, 0.3) is 0 Å². The summed E-state index contributed by atoms with van der Waals surface area (Å²) in [4.78, 5) is 11.2. The van der Waals surface area contributed by atoms with Crippen LogP contribution in [0.4, 0.5) is 0 Å². The Kier molecular flexibility index (Phi) is 4.44. The van der Waals surface area contributed by atoms with Gasteiger partial charge < -0.3 is 9.47 Å². The van der Waals surface area contributed by atoms with Crippen LogP contribution >= 0.6 is 0 Å². The van der Waals surface area contributed by atoms with Gasteiger partial charge in [0.05, 0.1) is 14.2 Å². The molecule has 0 aromatic heterocycles. The summed E-state index contributed by atoms with van der Waals surface area (Å²) in [5.74, 6) is 1.68. The van der Waals surface area contributed by atoms with E-state index in [1.807, 2.05) is 0 Å². The van der Waals surface area contributed by atoms with Gasteiger partial charge in [-0.2, -0.15) is 0 Å². The lowest BCUT2D eigenvalue weighted by Gasteiger charge is -2.15. The molecule has 0 aliphatic rings. The molecule has 0 heterocycles. The number of hydrogen-bond acceptors (Lipinski definition) is 4. The minimum Gasteiger partial charge on any atom is -0.481 e. The summed E-state index contributed by atoms with van der Waals surface area (Å²) in [5, 5.41) is 7.16. The number of esters is 1. The lowest BCUT2D eigenvalue weighted by molar-refractivity contribution is -0.146. The fourth-order valence-electron chi connectivity index (χ4n) is 0.697. The number of rotatable bonds is 3. The summed E-state index contributed by atoms with van der Waals surface area (Å²) in [5.41, 5.74) is -1.15. The SMILES string of the molecule is C#CC(C)(/C=C\C(=N)OC)C(=O)OC. The molecule has 1 atom stereocenters. The van der Waals surface area contributed by atoms with E-state index in [0.717, 1.165) is 0 Å². The molecule has 0 bridgehead atoms. The van der Waals surface area contributed by atoms with Crippen LogP contribution in [0.15, 0.2) is 12.2 Å². The number of nitrogens with one attached hydrogen (secondary N) is 1. The van der Waals surface area contributed by atoms with Crippen molar-refractivity contribution in [2.75, 3.05) is 14.2 Å². The number of carbonyl (C=O) groups excluding carboxylic acids is 1. The van der Waals surface area contributed by atoms with Gasteiger partial charge in [0.2, 0.25) is 5.90 Å². The number of ether oxygens (including phenoxy) is 2. The summed E-state index contributed by atoms with van der Waals surface area (Å²) >= 11 is 0. The molecule has 0 aromatic rings. The van der Waals surface area contributed by atoms with E-state index >= 15 is 0 Å². The van der Waals surface area contributed by atoms with Crippen LogP contribution in [-0.4, -0.2) is 26.1 Å². The lowest BCUT2D eigenvalue weighted by Crippen LogP contribution is -2.25. The molecule has 0 radical (unpaired) electrons. The second-order valence-electron chi connectivity index (χ2n) is 2.74. The maximum atomic E-state index is 11.2. The Labute approximate surface area is 83.4 Å². The van der Waals surface area contributed by atoms with Crippen LogP contribution in [0.5, 0.6) is 0 Å². The van der Waals surface area contributed by atoms with Crippen molar-refractivity contribution in [3.8, 4) is 12.3 Å². The minimum atomic E-state index is -1.15. The molecular weight excluding hydrogens is 182 g/mol. The summed E-state index contributed by atoms with van der Waals surface area (Å²) in [7, 11) is 2.62. The van der Waals surface area contributed by atoms with Gasteiger partial charge in [0.1, 0.15) is 5.41 Å². The predicted molar refractivity (Wildman–Crippen MR) is 52.8 cm³/mol. The van der Waals surface area contributed by atoms with E-state index in [9.17, 15) is 4.79 Å². The Morgan fingerprint density at radius 1 is 1.50 bits per heavy atom. The second-order valence-corrected chi connectivity index (χ2v) is 2.74. The van der Waals surface area contributed by atoms with E-state index < -0.39 is 11.4 Å². The van der Waals surface area contributed by atoms with Crippen molar-refractivity contribution < 1.29 is 14.3 Å². The fraction of sp³-hybridized carbons (Fsp3) is 0.400. The van der Waals surface area contributed by atoms with Crippen molar-refractivity contribution in [3.05, 3.63) is 12.2 Å². The first-order valence-corrected chi connectivity index (χ1v) is 3.88. The monoisotopic (exact) mass is 195 g/mol. The van der Waals surface area contributed by atoms with Crippen molar-refractivity contribution in [2.24, 2.45) is 5.41 Å². The first-order chi connectivity index (χ1) is 6.50. The molecule has 76 valence electrons. The Bertz CT molecular complexity index is 301. The van der Waals surface area contributed by atoms with Crippen LogP contribution in [0.3, 0.4) is 0 Å². The predicted octanol–water partition coefficient (Wildman–Crippen LogP) is 0.979. The highest BCUT2D eigenvalue weighted by molar-refractivity contribution is 5.88. The number of hydrogen-bond donors (Lipinski definition) is 1. The van der Waals surface area contributed by atoms with Gasteiger partial charge in [-0.05, 0) is 13.0 Å². The third kappa shape index (κ3) is 2.94. The zero-order valence-electron chi connectivity index (χ0n) is 8.46. The first-order valence-electron chi connectivity index (χ1n) is 3.88. The summed E-state index contributed by atoms with van der Waals surface area (Å²) in [6.45, 7) is 1.53. The maximum Gasteiger partial charge on any atom is 0.327 e. The largest absolute Gasteiger partial charge is 0.481 e. The van der Waals surface area contributed by atoms with Crippen LogP contribution in [0.25, 0.3) is 0 Å². The summed E-state index contributed by atoms with van der Waals surface area (Å²) in [6, 6.07) is 0. The normalized spacial score (nSPS) is 14.1. The van der Waals surface area contributed by atoms with E-state index in [0.29, 0.717) is 0 Å². The van der Waals surface area contributed by atoms with E-state index in [1.165, 1.54) is 33.3 Å². The minimum absolute atomic E-state index is 0.0737. The zero-order valence-corrected chi connectivity index (χ0v) is 8.46. The van der Waals surface area contributed by atoms with Crippen molar-refractivity contribution in [3.63, 3.8) is 0 Å². The van der Waals surface area contributed by atoms with Crippen molar-refractivity contribution in [1.82, 2.24) is 0 Å². The third-order valence-corrected chi connectivity index (χ3v) is 1.70. The average Bonchev–Trinajstić information content (AvgIpc) is 2.23. The van der Waals surface area contributed by atoms with E-state index in [2.05, 4.69) is 15.4 Å². The van der Waals surface area contributed by atoms with Crippen molar-refractivity contribution in [2.45, 2.75) is 6.92 Å². The smallest absolute Gasteiger partial charge is 0.327 e. The molecule has 4 nitrogen and oxygen atoms in total. The highest BCUT2D eigenvalue weighted by atomic mass is 16.5. The number of carbonyl (C=O) groups is 1. The Hall–Kier alpha value is -1.76. The summed E-state index contributed by atoms with van der Waals surface area (Å²) in [6.07, 6.45) is 7.91. The Morgan fingerprint density at radius 3 is 2.43 bits per heavy atom. The second kappa shape index (κ2) is 5.07. The molecule has 1 unspecified atom stereocenters. The molecule has 0 saturated carbocycles. The molecule has 0 aliphatic carbocycles. The Morgan fingerprint density at radius 2 is 2.07 bits per heavy atom. The molecule has 0 aliphatic heterocycles. The van der Waals surface area contributed by atoms with Gasteiger partial charge in [-0.15, -0.1) is 6.42 Å². The third-order valence-electron chi connectivity index (χ3n) is 1.70. The quantitative estimate of drug-likeness (QED) is 0.316. The van der Waals surface area contributed by atoms with Gasteiger partial charge in [-0.1, -0.05) is 12.0 Å². The number of methoxy groups -OCH3 is 2. The van der Waals surface area contributed by atoms with Gasteiger partial charge in [-0.3, -0.25) is 10.2 Å². The first kappa shape index (κ1) is 12.2. The summed E-state index contributed by atoms with van der Waals surface area (Å²) < 4.78 is 9.11. The highest BCUT2D eigenvalue weighted by Gasteiger charge is 2.28. The fourth-order valence-corrected chi connectivity index (χ4v) is 0.697. The van der Waals surface area contributed by atoms with Crippen LogP contribution in [0.2, 0.25) is 0 Å². The Balaban J connectivity index is 4.75. The highest BCUT2D eigenvalue weighted by Crippen LogP contribution is 2.18. The standard InChI is InChI=1S/C10H13NO3/c1-5-10(2,9(12)14-4)7-6-8(11)13-3/h1,6-7,11H,2-4H3/b7-6-,11-8?. The van der Waals surface area contributed by atoms with Gasteiger partial charge in [-0.25, -0.2) is 0 Å². The molecule has 0 aromatic carbocycles. The molecular formula is C10H13NO3. The zero-order chi connectivity index (χ0) is 11.2. The molecule has 0 spiro atoms. The van der Waals surface area contributed by atoms with Crippen LogP contribution < -0.4 is 0 Å².